The minimum atomic E-state index is 0.432. The molecule has 0 aliphatic carbocycles. The van der Waals surface area contributed by atoms with E-state index in [0.717, 1.165) is 12.6 Å². The summed E-state index contributed by atoms with van der Waals surface area (Å²) in [4.78, 5) is 5.31. The maximum Gasteiger partial charge on any atom is 0.0235 e. The highest BCUT2D eigenvalue weighted by Gasteiger charge is 2.31. The van der Waals surface area contributed by atoms with Crippen molar-refractivity contribution in [2.45, 2.75) is 53.0 Å². The number of hydrogen-bond donors (Lipinski definition) is 1. The van der Waals surface area contributed by atoms with Gasteiger partial charge in [0.25, 0.3) is 0 Å². The molecule has 0 aromatic heterocycles. The smallest absolute Gasteiger partial charge is 0.0235 e. The number of hydrogen-bond acceptors (Lipinski definition) is 3. The van der Waals surface area contributed by atoms with Gasteiger partial charge in [0.05, 0.1) is 0 Å². The van der Waals surface area contributed by atoms with Crippen molar-refractivity contribution in [3.63, 3.8) is 0 Å². The molecule has 0 radical (unpaired) electrons. The van der Waals surface area contributed by atoms with Crippen molar-refractivity contribution < 1.29 is 0 Å². The predicted octanol–water partition coefficient (Wildman–Crippen LogP) is 2.43. The summed E-state index contributed by atoms with van der Waals surface area (Å²) in [6.45, 7) is 16.6. The molecule has 2 unspecified atom stereocenters. The van der Waals surface area contributed by atoms with Crippen LogP contribution in [0.4, 0.5) is 0 Å². The number of rotatable bonds is 9. The van der Waals surface area contributed by atoms with Crippen LogP contribution in [0, 0.1) is 5.41 Å². The van der Waals surface area contributed by atoms with Crippen LogP contribution >= 0.6 is 0 Å². The first-order chi connectivity index (χ1) is 9.08. The van der Waals surface area contributed by atoms with Crippen LogP contribution in [-0.2, 0) is 0 Å². The van der Waals surface area contributed by atoms with Crippen molar-refractivity contribution in [3.05, 3.63) is 0 Å². The fourth-order valence-corrected chi connectivity index (χ4v) is 3.79. The van der Waals surface area contributed by atoms with Crippen molar-refractivity contribution in [1.82, 2.24) is 15.1 Å². The minimum absolute atomic E-state index is 0.432. The molecule has 0 aromatic carbocycles. The average molecular weight is 269 g/mol. The summed E-state index contributed by atoms with van der Waals surface area (Å²) in [7, 11) is 2.08. The lowest BCUT2D eigenvalue weighted by Gasteiger charge is -2.34. The number of nitrogens with one attached hydrogen (secondary N) is 1. The molecule has 1 saturated heterocycles. The largest absolute Gasteiger partial charge is 0.319 e. The average Bonchev–Trinajstić information content (AvgIpc) is 2.79. The molecule has 3 heteroatoms. The molecule has 3 nitrogen and oxygen atoms in total. The quantitative estimate of drug-likeness (QED) is 0.693. The fraction of sp³-hybridized carbons (Fsp3) is 1.00. The lowest BCUT2D eigenvalue weighted by atomic mass is 9.85. The Kier molecular flexibility index (Phi) is 7.33. The van der Waals surface area contributed by atoms with Crippen LogP contribution in [0.1, 0.15) is 47.0 Å². The molecule has 0 saturated carbocycles. The Balaban J connectivity index is 2.49. The van der Waals surface area contributed by atoms with E-state index in [4.69, 9.17) is 0 Å². The first-order valence-corrected chi connectivity index (χ1v) is 8.19. The van der Waals surface area contributed by atoms with E-state index in [1.54, 1.807) is 0 Å². The summed E-state index contributed by atoms with van der Waals surface area (Å²) in [6, 6.07) is 0.787. The standard InChI is InChI=1S/C16H35N3/c1-6-10-16(4,13-17-5)14-18-11-9-15(12-18)19(7-2)8-3/h15,17H,6-14H2,1-5H3. The van der Waals surface area contributed by atoms with Crippen LogP contribution in [0.15, 0.2) is 0 Å². The summed E-state index contributed by atoms with van der Waals surface area (Å²) >= 11 is 0. The second-order valence-electron chi connectivity index (χ2n) is 6.49. The molecule has 2 atom stereocenters. The second kappa shape index (κ2) is 8.23. The monoisotopic (exact) mass is 269 g/mol. The van der Waals surface area contributed by atoms with Gasteiger partial charge in [-0.25, -0.2) is 0 Å². The van der Waals surface area contributed by atoms with Gasteiger partial charge in [-0.15, -0.1) is 0 Å². The molecule has 19 heavy (non-hydrogen) atoms. The zero-order chi connectivity index (χ0) is 14.3. The van der Waals surface area contributed by atoms with E-state index in [2.05, 4.69) is 49.9 Å². The Morgan fingerprint density at radius 1 is 1.26 bits per heavy atom. The Labute approximate surface area is 120 Å². The molecule has 1 rings (SSSR count). The highest BCUT2D eigenvalue weighted by Crippen LogP contribution is 2.26. The first kappa shape index (κ1) is 16.9. The Hall–Kier alpha value is -0.120. The van der Waals surface area contributed by atoms with Crippen LogP contribution in [0.5, 0.6) is 0 Å². The Bertz CT molecular complexity index is 232. The van der Waals surface area contributed by atoms with Gasteiger partial charge in [-0.05, 0) is 44.9 Å². The zero-order valence-corrected chi connectivity index (χ0v) is 13.8. The van der Waals surface area contributed by atoms with E-state index >= 15 is 0 Å². The van der Waals surface area contributed by atoms with Gasteiger partial charge in [0.15, 0.2) is 0 Å². The van der Waals surface area contributed by atoms with E-state index in [0.29, 0.717) is 5.41 Å². The molecular weight excluding hydrogens is 234 g/mol. The second-order valence-corrected chi connectivity index (χ2v) is 6.49. The number of likely N-dealkylation sites (tertiary alicyclic amines) is 1. The van der Waals surface area contributed by atoms with Crippen LogP contribution in [-0.4, -0.2) is 62.2 Å². The van der Waals surface area contributed by atoms with Crippen molar-refractivity contribution in [2.24, 2.45) is 5.41 Å². The highest BCUT2D eigenvalue weighted by molar-refractivity contribution is 4.87. The molecule has 1 fully saturated rings. The molecule has 1 aliphatic heterocycles. The molecule has 114 valence electrons. The fourth-order valence-electron chi connectivity index (χ4n) is 3.79. The lowest BCUT2D eigenvalue weighted by molar-refractivity contribution is 0.157. The van der Waals surface area contributed by atoms with Gasteiger partial charge in [0, 0.05) is 25.7 Å². The topological polar surface area (TPSA) is 18.5 Å². The normalized spacial score (nSPS) is 24.0. The first-order valence-electron chi connectivity index (χ1n) is 8.19. The maximum atomic E-state index is 3.39. The van der Waals surface area contributed by atoms with Gasteiger partial charge in [-0.2, -0.15) is 0 Å². The van der Waals surface area contributed by atoms with Crippen molar-refractivity contribution >= 4 is 0 Å². The van der Waals surface area contributed by atoms with E-state index in [9.17, 15) is 0 Å². The molecule has 1 heterocycles. The van der Waals surface area contributed by atoms with Crippen LogP contribution in [0.25, 0.3) is 0 Å². The van der Waals surface area contributed by atoms with E-state index in [1.165, 1.54) is 52.0 Å². The molecular formula is C16H35N3. The molecule has 1 N–H and O–H groups in total. The van der Waals surface area contributed by atoms with Crippen LogP contribution < -0.4 is 5.32 Å². The highest BCUT2D eigenvalue weighted by atomic mass is 15.3. The molecule has 0 aromatic rings. The molecule has 1 aliphatic rings. The van der Waals surface area contributed by atoms with Gasteiger partial charge in [0.1, 0.15) is 0 Å². The molecule has 0 bridgehead atoms. The SMILES string of the molecule is CCCC(C)(CNC)CN1CCC(N(CC)CC)C1. The van der Waals surface area contributed by atoms with Crippen LogP contribution in [0.3, 0.4) is 0 Å². The third-order valence-electron chi connectivity index (χ3n) is 4.64. The summed E-state index contributed by atoms with van der Waals surface area (Å²) in [5.74, 6) is 0. The van der Waals surface area contributed by atoms with Gasteiger partial charge in [-0.3, -0.25) is 4.90 Å². The Morgan fingerprint density at radius 3 is 2.47 bits per heavy atom. The number of likely N-dealkylation sites (N-methyl/N-ethyl adjacent to an activating group) is 1. The predicted molar refractivity (Wildman–Crippen MR) is 84.7 cm³/mol. The Morgan fingerprint density at radius 2 is 1.95 bits per heavy atom. The van der Waals surface area contributed by atoms with Gasteiger partial charge >= 0.3 is 0 Å². The van der Waals surface area contributed by atoms with Crippen molar-refractivity contribution in [2.75, 3.05) is 46.3 Å². The van der Waals surface area contributed by atoms with Crippen molar-refractivity contribution in [1.29, 1.82) is 0 Å². The summed E-state index contributed by atoms with van der Waals surface area (Å²) in [5, 5.41) is 3.39. The van der Waals surface area contributed by atoms with Gasteiger partial charge < -0.3 is 10.2 Å². The third kappa shape index (κ3) is 5.05. The van der Waals surface area contributed by atoms with Crippen molar-refractivity contribution in [3.8, 4) is 0 Å². The summed E-state index contributed by atoms with van der Waals surface area (Å²) in [5.41, 5.74) is 0.432. The van der Waals surface area contributed by atoms with Crippen LogP contribution in [0.2, 0.25) is 0 Å². The molecule has 0 spiro atoms. The summed E-state index contributed by atoms with van der Waals surface area (Å²) in [6.07, 6.45) is 3.95. The lowest BCUT2D eigenvalue weighted by Crippen LogP contribution is -2.43. The van der Waals surface area contributed by atoms with Gasteiger partial charge in [0.2, 0.25) is 0 Å². The van der Waals surface area contributed by atoms with E-state index in [-0.39, 0.29) is 0 Å². The molecule has 0 amide bonds. The summed E-state index contributed by atoms with van der Waals surface area (Å²) < 4.78 is 0. The van der Waals surface area contributed by atoms with Gasteiger partial charge in [-0.1, -0.05) is 34.1 Å². The van der Waals surface area contributed by atoms with E-state index < -0.39 is 0 Å². The zero-order valence-electron chi connectivity index (χ0n) is 13.8. The number of nitrogens with zero attached hydrogens (tertiary/aromatic N) is 2. The van der Waals surface area contributed by atoms with E-state index in [1.807, 2.05) is 0 Å². The minimum Gasteiger partial charge on any atom is -0.319 e. The maximum absolute atomic E-state index is 3.39. The third-order valence-corrected chi connectivity index (χ3v) is 4.64.